The van der Waals surface area contributed by atoms with Gasteiger partial charge in [0.25, 0.3) is 0 Å². The molecule has 0 saturated carbocycles. The minimum atomic E-state index is -1.47. The molecule has 0 saturated heterocycles. The van der Waals surface area contributed by atoms with Gasteiger partial charge in [-0.2, -0.15) is 0 Å². The molecule has 0 aliphatic rings. The third-order valence-corrected chi connectivity index (χ3v) is 15.9. The summed E-state index contributed by atoms with van der Waals surface area (Å²) in [4.78, 5) is 147. The van der Waals surface area contributed by atoms with Gasteiger partial charge in [-0.1, -0.05) is 90.8 Å². The first kappa shape index (κ1) is 76.9. The van der Waals surface area contributed by atoms with Crippen molar-refractivity contribution in [3.8, 4) is 0 Å². The van der Waals surface area contributed by atoms with Gasteiger partial charge in [-0.3, -0.25) is 53.3 Å². The number of unbranched alkanes of at least 4 members (excludes halogenated alkanes) is 1. The lowest BCUT2D eigenvalue weighted by Crippen LogP contribution is -2.61. The maximum absolute atomic E-state index is 15.1. The summed E-state index contributed by atoms with van der Waals surface area (Å²) in [6.07, 6.45) is 5.41. The number of H-pyrrole nitrogens is 2. The number of benzene rings is 2. The molecule has 2 aromatic carbocycles. The van der Waals surface area contributed by atoms with E-state index < -0.39 is 119 Å². The Kier molecular flexibility index (Phi) is 32.0. The number of aliphatic imine (C=N–C) groups is 3. The molecule has 518 valence electrons. The minimum Gasteiger partial charge on any atom is -0.480 e. The number of carboxylic acids is 1. The van der Waals surface area contributed by atoms with Gasteiger partial charge in [0.05, 0.1) is 6.04 Å². The number of hydrogen-bond acceptors (Lipinski definition) is 14. The summed E-state index contributed by atoms with van der Waals surface area (Å²) < 4.78 is 0. The molecule has 0 spiro atoms. The summed E-state index contributed by atoms with van der Waals surface area (Å²) in [6, 6.07) is 2.76. The topological polar surface area (TPSA) is 547 Å². The van der Waals surface area contributed by atoms with Crippen molar-refractivity contribution >= 4 is 92.9 Å². The summed E-state index contributed by atoms with van der Waals surface area (Å²) in [6.45, 7) is 11.0. The number of fused-ring (bicyclic) bond motifs is 2. The standard InChI is InChI=1S/C63H101N21O10/c1-7-36(6)51(60(93)94)84-58(91)49(31-38-33-76-43-21-11-9-18-40(38)43)82-55(88)46(24-16-28-74-63(70)71)79-59(92)50(35(4)5)83-57(90)48(30-37-32-75-42-20-10-8-17-39(37)42)81-54(87)45(23-15-27-73-62(68)69)77-53(86)44(22-14-26-72-61(66)67)78-56(89)47(29-34(2)3)80-52(85)41(65)19-12-13-25-64/h8-11,17-18,20-21,32-36,41,44-51,75-76H,7,12-16,19,22-31,64-65H2,1-6H3,(H,77,86)(H,78,89)(H,79,92)(H,80,85)(H,81,87)(H,82,88)(H,83,90)(H,84,91)(H,93,94)(H4,66,67,72)(H4,68,69,73)(H4,70,71,74)/t36-,41-,44-,45-,46-,47-,48-,49-,50-,51-/m0/s1. The molecule has 27 N–H and O–H groups in total. The van der Waals surface area contributed by atoms with Crippen LogP contribution in [0.25, 0.3) is 21.8 Å². The first-order valence-corrected chi connectivity index (χ1v) is 32.0. The minimum absolute atomic E-state index is 0.0186. The molecular weight excluding hydrogens is 1210 g/mol. The number of hydrogen-bond donors (Lipinski definition) is 19. The fourth-order valence-electron chi connectivity index (χ4n) is 10.5. The van der Waals surface area contributed by atoms with Crippen LogP contribution in [0, 0.1) is 17.8 Å². The number of rotatable bonds is 42. The Morgan fingerprint density at radius 2 is 0.840 bits per heavy atom. The van der Waals surface area contributed by atoms with E-state index in [0.717, 1.165) is 10.9 Å². The molecule has 0 bridgehead atoms. The van der Waals surface area contributed by atoms with Crippen molar-refractivity contribution in [2.75, 3.05) is 26.2 Å². The van der Waals surface area contributed by atoms with Crippen LogP contribution in [0.4, 0.5) is 0 Å². The highest BCUT2D eigenvalue weighted by atomic mass is 16.4. The third-order valence-electron chi connectivity index (χ3n) is 15.9. The fraction of sp³-hybridized carbons (Fsp3) is 0.556. The molecule has 2 aromatic heterocycles. The molecule has 31 heteroatoms. The van der Waals surface area contributed by atoms with Crippen LogP contribution in [-0.2, 0) is 56.0 Å². The van der Waals surface area contributed by atoms with Crippen LogP contribution in [0.3, 0.4) is 0 Å². The second-order valence-electron chi connectivity index (χ2n) is 24.3. The van der Waals surface area contributed by atoms with Gasteiger partial charge in [-0.25, -0.2) is 4.79 Å². The molecule has 94 heavy (non-hydrogen) atoms. The highest BCUT2D eigenvalue weighted by molar-refractivity contribution is 5.99. The SMILES string of the molecule is CC[C@H](C)[C@H](NC(=O)[C@H](Cc1c[nH]c2ccccc12)NC(=O)[C@H](CCCN=C(N)N)NC(=O)[C@@H](NC(=O)[C@H](Cc1c[nH]c2ccccc12)NC(=O)[C@H](CCCN=C(N)N)NC(=O)[C@H](CCCN=C(N)N)NC(=O)[C@H](CC(C)C)NC(=O)[C@@H](N)CCCCN)C(C)C)C(=O)O. The number of aromatic amines is 2. The molecule has 8 amide bonds. The van der Waals surface area contributed by atoms with E-state index in [4.69, 9.17) is 45.9 Å². The molecule has 2 heterocycles. The van der Waals surface area contributed by atoms with Gasteiger partial charge < -0.3 is 103 Å². The monoisotopic (exact) mass is 1310 g/mol. The summed E-state index contributed by atoms with van der Waals surface area (Å²) in [7, 11) is 0. The summed E-state index contributed by atoms with van der Waals surface area (Å²) >= 11 is 0. The molecule has 0 aliphatic carbocycles. The Bertz CT molecular complexity index is 3240. The van der Waals surface area contributed by atoms with E-state index in [-0.39, 0.29) is 101 Å². The van der Waals surface area contributed by atoms with Gasteiger partial charge in [0.1, 0.15) is 48.3 Å². The van der Waals surface area contributed by atoms with Crippen LogP contribution in [0.1, 0.15) is 123 Å². The second kappa shape index (κ2) is 39.1. The van der Waals surface area contributed by atoms with Crippen LogP contribution in [0.5, 0.6) is 0 Å². The number of nitrogens with zero attached hydrogens (tertiary/aromatic N) is 3. The van der Waals surface area contributed by atoms with E-state index in [1.807, 2.05) is 50.2 Å². The molecule has 10 atom stereocenters. The van der Waals surface area contributed by atoms with Gasteiger partial charge in [0.15, 0.2) is 17.9 Å². The number of amides is 8. The number of guanidine groups is 3. The Labute approximate surface area is 547 Å². The van der Waals surface area contributed by atoms with Gasteiger partial charge in [0.2, 0.25) is 47.3 Å². The Hall–Kier alpha value is -9.52. The Morgan fingerprint density at radius 1 is 0.468 bits per heavy atom. The molecule has 4 aromatic rings. The van der Waals surface area contributed by atoms with Crippen molar-refractivity contribution in [1.82, 2.24) is 52.5 Å². The van der Waals surface area contributed by atoms with Crippen molar-refractivity contribution in [3.05, 3.63) is 72.1 Å². The number of aromatic nitrogens is 2. The van der Waals surface area contributed by atoms with Crippen LogP contribution in [0.2, 0.25) is 0 Å². The maximum Gasteiger partial charge on any atom is 0.326 e. The Balaban J connectivity index is 1.73. The molecule has 0 unspecified atom stereocenters. The van der Waals surface area contributed by atoms with Crippen LogP contribution in [0.15, 0.2) is 75.9 Å². The molecule has 31 nitrogen and oxygen atoms in total. The maximum atomic E-state index is 15.1. The number of aliphatic carboxylic acids is 1. The average molecular weight is 1310 g/mol. The molecule has 0 fully saturated rings. The van der Waals surface area contributed by atoms with Crippen molar-refractivity contribution in [1.29, 1.82) is 0 Å². The quantitative estimate of drug-likeness (QED) is 0.0140. The average Bonchev–Trinajstić information content (AvgIpc) is 1.67. The zero-order valence-corrected chi connectivity index (χ0v) is 54.8. The zero-order chi connectivity index (χ0) is 69.6. The Morgan fingerprint density at radius 3 is 1.22 bits per heavy atom. The van der Waals surface area contributed by atoms with E-state index in [1.54, 1.807) is 52.2 Å². The first-order chi connectivity index (χ1) is 44.6. The van der Waals surface area contributed by atoms with Crippen LogP contribution < -0.4 is 88.4 Å². The first-order valence-electron chi connectivity index (χ1n) is 32.0. The van der Waals surface area contributed by atoms with Crippen LogP contribution in [-0.4, -0.2) is 167 Å². The van der Waals surface area contributed by atoms with E-state index in [9.17, 15) is 43.5 Å². The normalized spacial score (nSPS) is 14.5. The highest BCUT2D eigenvalue weighted by Crippen LogP contribution is 2.22. The van der Waals surface area contributed by atoms with Crippen LogP contribution >= 0.6 is 0 Å². The van der Waals surface area contributed by atoms with Crippen molar-refractivity contribution in [3.63, 3.8) is 0 Å². The predicted molar refractivity (Wildman–Crippen MR) is 361 cm³/mol. The summed E-state index contributed by atoms with van der Waals surface area (Å²) in [5.41, 5.74) is 48.2. The number of nitrogens with one attached hydrogen (secondary N) is 10. The lowest BCUT2D eigenvalue weighted by molar-refractivity contribution is -0.144. The number of carboxylic acid groups (broad SMARTS) is 1. The largest absolute Gasteiger partial charge is 0.480 e. The van der Waals surface area contributed by atoms with E-state index >= 15 is 4.79 Å². The fourth-order valence-corrected chi connectivity index (χ4v) is 10.5. The lowest BCUT2D eigenvalue weighted by Gasteiger charge is -2.29. The van der Waals surface area contributed by atoms with E-state index in [0.29, 0.717) is 54.3 Å². The highest BCUT2D eigenvalue weighted by Gasteiger charge is 2.37. The number of nitrogens with two attached hydrogens (primary N) is 8. The zero-order valence-electron chi connectivity index (χ0n) is 54.8. The molecular formula is C63H101N21O10. The van der Waals surface area contributed by atoms with Crippen molar-refractivity contribution < 1.29 is 48.3 Å². The van der Waals surface area contributed by atoms with Gasteiger partial charge >= 0.3 is 5.97 Å². The summed E-state index contributed by atoms with van der Waals surface area (Å²) in [5, 5.41) is 33.6. The lowest BCUT2D eigenvalue weighted by atomic mass is 9.97. The van der Waals surface area contributed by atoms with E-state index in [1.165, 1.54) is 0 Å². The number of carbonyl (C=O) groups excluding carboxylic acids is 8. The second-order valence-corrected chi connectivity index (χ2v) is 24.3. The van der Waals surface area contributed by atoms with Gasteiger partial charge in [-0.05, 0) is 105 Å². The van der Waals surface area contributed by atoms with Crippen molar-refractivity contribution in [2.24, 2.45) is 78.6 Å². The van der Waals surface area contributed by atoms with Crippen molar-refractivity contribution in [2.45, 2.75) is 179 Å². The number of carbonyl (C=O) groups is 9. The van der Waals surface area contributed by atoms with Gasteiger partial charge in [0, 0.05) is 66.7 Å². The molecule has 4 rings (SSSR count). The molecule has 0 aliphatic heterocycles. The van der Waals surface area contributed by atoms with E-state index in [2.05, 4.69) is 67.5 Å². The smallest absolute Gasteiger partial charge is 0.326 e. The number of para-hydroxylation sites is 2. The third kappa shape index (κ3) is 25.5. The van der Waals surface area contributed by atoms with Gasteiger partial charge in [-0.15, -0.1) is 0 Å². The predicted octanol–water partition coefficient (Wildman–Crippen LogP) is -1.24. The molecule has 0 radical (unpaired) electrons. The summed E-state index contributed by atoms with van der Waals surface area (Å²) in [5.74, 6) is -9.46.